The third-order valence-electron chi connectivity index (χ3n) is 4.45. The standard InChI is InChI=1S/C16H18BrN3O4/c1-9-7-13(17)24-14(9)15(21)19-5-3-11(4-6-19)20-10(2)12(8-18-20)16(22)23/h7-8,11H,3-6H2,1-2H3,(H,22,23). The zero-order chi connectivity index (χ0) is 17.4. The van der Waals surface area contributed by atoms with Crippen LogP contribution in [0.1, 0.15) is 51.1 Å². The SMILES string of the molecule is Cc1cc(Br)oc1C(=O)N1CCC(n2ncc(C(=O)O)c2C)CC1. The number of amides is 1. The van der Waals surface area contributed by atoms with E-state index in [1.54, 1.807) is 22.6 Å². The molecule has 0 unspecified atom stereocenters. The minimum atomic E-state index is -0.967. The lowest BCUT2D eigenvalue weighted by atomic mass is 10.0. The molecule has 128 valence electrons. The number of aryl methyl sites for hydroxylation is 1. The Morgan fingerprint density at radius 3 is 2.50 bits per heavy atom. The van der Waals surface area contributed by atoms with Crippen LogP contribution < -0.4 is 0 Å². The molecule has 0 bridgehead atoms. The van der Waals surface area contributed by atoms with E-state index in [2.05, 4.69) is 21.0 Å². The number of piperidine rings is 1. The van der Waals surface area contributed by atoms with Crippen molar-refractivity contribution >= 4 is 27.8 Å². The number of hydrogen-bond donors (Lipinski definition) is 1. The summed E-state index contributed by atoms with van der Waals surface area (Å²) >= 11 is 3.24. The Hall–Kier alpha value is -2.09. The van der Waals surface area contributed by atoms with Gasteiger partial charge < -0.3 is 14.4 Å². The van der Waals surface area contributed by atoms with Crippen molar-refractivity contribution in [2.24, 2.45) is 0 Å². The first-order valence-electron chi connectivity index (χ1n) is 7.71. The van der Waals surface area contributed by atoms with E-state index in [1.165, 1.54) is 6.20 Å². The van der Waals surface area contributed by atoms with Crippen molar-refractivity contribution in [2.45, 2.75) is 32.7 Å². The Balaban J connectivity index is 1.69. The van der Waals surface area contributed by atoms with Gasteiger partial charge in [0.1, 0.15) is 5.56 Å². The number of carbonyl (C=O) groups excluding carboxylic acids is 1. The van der Waals surface area contributed by atoms with E-state index in [0.717, 1.165) is 18.4 Å². The normalized spacial score (nSPS) is 15.7. The van der Waals surface area contributed by atoms with Gasteiger partial charge in [0.15, 0.2) is 10.4 Å². The molecule has 1 amide bonds. The molecule has 3 rings (SSSR count). The molecule has 0 saturated carbocycles. The van der Waals surface area contributed by atoms with Crippen LogP contribution in [-0.2, 0) is 0 Å². The Bertz CT molecular complexity index is 787. The van der Waals surface area contributed by atoms with Gasteiger partial charge in [-0.2, -0.15) is 5.10 Å². The van der Waals surface area contributed by atoms with Gasteiger partial charge in [0.05, 0.1) is 17.9 Å². The van der Waals surface area contributed by atoms with Gasteiger partial charge in [0, 0.05) is 18.7 Å². The molecule has 1 aliphatic heterocycles. The molecule has 7 nitrogen and oxygen atoms in total. The molecule has 24 heavy (non-hydrogen) atoms. The second kappa shape index (κ2) is 6.43. The lowest BCUT2D eigenvalue weighted by molar-refractivity contribution is 0.0654. The maximum atomic E-state index is 12.5. The van der Waals surface area contributed by atoms with Crippen molar-refractivity contribution in [1.29, 1.82) is 0 Å². The number of halogens is 1. The van der Waals surface area contributed by atoms with Crippen molar-refractivity contribution < 1.29 is 19.1 Å². The van der Waals surface area contributed by atoms with Crippen LogP contribution in [0.2, 0.25) is 0 Å². The monoisotopic (exact) mass is 395 g/mol. The largest absolute Gasteiger partial charge is 0.478 e. The smallest absolute Gasteiger partial charge is 0.339 e. The van der Waals surface area contributed by atoms with Crippen molar-refractivity contribution in [1.82, 2.24) is 14.7 Å². The Morgan fingerprint density at radius 1 is 1.33 bits per heavy atom. The summed E-state index contributed by atoms with van der Waals surface area (Å²) in [5.41, 5.74) is 1.69. The van der Waals surface area contributed by atoms with Gasteiger partial charge in [-0.25, -0.2) is 4.79 Å². The number of nitrogens with zero attached hydrogens (tertiary/aromatic N) is 3. The molecule has 2 aromatic heterocycles. The maximum absolute atomic E-state index is 12.5. The van der Waals surface area contributed by atoms with E-state index in [4.69, 9.17) is 9.52 Å². The van der Waals surface area contributed by atoms with Gasteiger partial charge >= 0.3 is 5.97 Å². The fourth-order valence-electron chi connectivity index (χ4n) is 3.11. The van der Waals surface area contributed by atoms with Crippen LogP contribution in [0.3, 0.4) is 0 Å². The van der Waals surface area contributed by atoms with Gasteiger partial charge in [0.25, 0.3) is 5.91 Å². The number of hydrogen-bond acceptors (Lipinski definition) is 4. The van der Waals surface area contributed by atoms with Gasteiger partial charge in [-0.05, 0) is 48.7 Å². The van der Waals surface area contributed by atoms with Gasteiger partial charge in [-0.3, -0.25) is 9.48 Å². The van der Waals surface area contributed by atoms with Crippen molar-refractivity contribution in [3.05, 3.63) is 39.5 Å². The summed E-state index contributed by atoms with van der Waals surface area (Å²) in [5, 5.41) is 13.3. The topological polar surface area (TPSA) is 88.6 Å². The molecule has 1 saturated heterocycles. The molecule has 0 aromatic carbocycles. The Kier molecular flexibility index (Phi) is 4.49. The number of furan rings is 1. The summed E-state index contributed by atoms with van der Waals surface area (Å²) in [6, 6.07) is 1.88. The molecule has 0 spiro atoms. The van der Waals surface area contributed by atoms with Crippen LogP contribution in [0.4, 0.5) is 0 Å². The average Bonchev–Trinajstić information content (AvgIpc) is 3.09. The fraction of sp³-hybridized carbons (Fsp3) is 0.438. The summed E-state index contributed by atoms with van der Waals surface area (Å²) in [7, 11) is 0. The molecule has 1 aliphatic rings. The highest BCUT2D eigenvalue weighted by Gasteiger charge is 2.29. The van der Waals surface area contributed by atoms with Crippen molar-refractivity contribution in [3.8, 4) is 0 Å². The molecule has 2 aromatic rings. The van der Waals surface area contributed by atoms with Crippen molar-refractivity contribution in [2.75, 3.05) is 13.1 Å². The second-order valence-electron chi connectivity index (χ2n) is 5.98. The van der Waals surface area contributed by atoms with E-state index in [1.807, 2.05) is 6.92 Å². The Morgan fingerprint density at radius 2 is 2.00 bits per heavy atom. The second-order valence-corrected chi connectivity index (χ2v) is 6.76. The zero-order valence-corrected chi connectivity index (χ0v) is 15.0. The third kappa shape index (κ3) is 2.98. The predicted molar refractivity (Wildman–Crippen MR) is 89.2 cm³/mol. The number of likely N-dealkylation sites (tertiary alicyclic amines) is 1. The van der Waals surface area contributed by atoms with E-state index in [0.29, 0.717) is 29.2 Å². The lowest BCUT2D eigenvalue weighted by Crippen LogP contribution is -2.39. The molecular formula is C16H18BrN3O4. The van der Waals surface area contributed by atoms with E-state index >= 15 is 0 Å². The van der Waals surface area contributed by atoms with Crippen molar-refractivity contribution in [3.63, 3.8) is 0 Å². The van der Waals surface area contributed by atoms with Crippen LogP contribution in [-0.4, -0.2) is 44.8 Å². The first-order chi connectivity index (χ1) is 11.4. The van der Waals surface area contributed by atoms with Gasteiger partial charge in [0.2, 0.25) is 0 Å². The molecule has 8 heteroatoms. The number of carboxylic acid groups (broad SMARTS) is 1. The molecule has 1 N–H and O–H groups in total. The van der Waals surface area contributed by atoms with Crippen LogP contribution >= 0.6 is 15.9 Å². The van der Waals surface area contributed by atoms with Crippen LogP contribution in [0.5, 0.6) is 0 Å². The minimum Gasteiger partial charge on any atom is -0.478 e. The van der Waals surface area contributed by atoms with E-state index in [9.17, 15) is 9.59 Å². The van der Waals surface area contributed by atoms with Crippen LogP contribution in [0.15, 0.2) is 21.3 Å². The summed E-state index contributed by atoms with van der Waals surface area (Å²) in [6.07, 6.45) is 2.85. The first-order valence-corrected chi connectivity index (χ1v) is 8.50. The molecule has 0 radical (unpaired) electrons. The predicted octanol–water partition coefficient (Wildman–Crippen LogP) is 3.03. The summed E-state index contributed by atoms with van der Waals surface area (Å²) < 4.78 is 7.74. The molecular weight excluding hydrogens is 378 g/mol. The number of carboxylic acids is 1. The first kappa shape index (κ1) is 16.8. The van der Waals surface area contributed by atoms with Gasteiger partial charge in [-0.1, -0.05) is 0 Å². The minimum absolute atomic E-state index is 0.103. The number of aromatic carboxylic acids is 1. The van der Waals surface area contributed by atoms with E-state index in [-0.39, 0.29) is 17.5 Å². The van der Waals surface area contributed by atoms with Crippen LogP contribution in [0, 0.1) is 13.8 Å². The summed E-state index contributed by atoms with van der Waals surface area (Å²) in [5.74, 6) is -0.714. The highest BCUT2D eigenvalue weighted by atomic mass is 79.9. The maximum Gasteiger partial charge on any atom is 0.339 e. The zero-order valence-electron chi connectivity index (χ0n) is 13.5. The molecule has 0 atom stereocenters. The van der Waals surface area contributed by atoms with Gasteiger partial charge in [-0.15, -0.1) is 0 Å². The molecule has 3 heterocycles. The number of rotatable bonds is 3. The summed E-state index contributed by atoms with van der Waals surface area (Å²) in [4.78, 5) is 25.4. The number of aromatic nitrogens is 2. The summed E-state index contributed by atoms with van der Waals surface area (Å²) in [6.45, 7) is 4.78. The fourth-order valence-corrected chi connectivity index (χ4v) is 3.62. The molecule has 1 fully saturated rings. The highest BCUT2D eigenvalue weighted by Crippen LogP contribution is 2.27. The number of carbonyl (C=O) groups is 2. The van der Waals surface area contributed by atoms with Crippen LogP contribution in [0.25, 0.3) is 0 Å². The average molecular weight is 396 g/mol. The highest BCUT2D eigenvalue weighted by molar-refractivity contribution is 9.10. The Labute approximate surface area is 147 Å². The molecule has 0 aliphatic carbocycles. The quantitative estimate of drug-likeness (QED) is 0.862. The third-order valence-corrected chi connectivity index (χ3v) is 4.85. The lowest BCUT2D eigenvalue weighted by Gasteiger charge is -2.32. The van der Waals surface area contributed by atoms with E-state index < -0.39 is 5.97 Å².